The molecule has 0 radical (unpaired) electrons. The lowest BCUT2D eigenvalue weighted by molar-refractivity contribution is -0.126. The maximum absolute atomic E-state index is 12.0. The van der Waals surface area contributed by atoms with Gasteiger partial charge < -0.3 is 9.64 Å². The number of rotatable bonds is 3. The zero-order chi connectivity index (χ0) is 13.4. The Labute approximate surface area is 113 Å². The molecule has 2 fully saturated rings. The first kappa shape index (κ1) is 12.2. The highest BCUT2D eigenvalue weighted by atomic mass is 32.1. The van der Waals surface area contributed by atoms with E-state index in [0.717, 1.165) is 9.78 Å². The summed E-state index contributed by atoms with van der Waals surface area (Å²) in [7, 11) is 0. The average molecular weight is 280 g/mol. The Morgan fingerprint density at radius 1 is 1.42 bits per heavy atom. The molecular weight excluding hydrogens is 268 g/mol. The molecule has 3 heterocycles. The molecule has 2 saturated heterocycles. The summed E-state index contributed by atoms with van der Waals surface area (Å²) in [6, 6.07) is 3.63. The molecule has 19 heavy (non-hydrogen) atoms. The summed E-state index contributed by atoms with van der Waals surface area (Å²) in [4.78, 5) is 38.2. The molecule has 0 unspecified atom stereocenters. The number of hydrogen-bond donors (Lipinski definition) is 0. The van der Waals surface area contributed by atoms with Crippen molar-refractivity contribution in [2.24, 2.45) is 5.92 Å². The van der Waals surface area contributed by atoms with Gasteiger partial charge in [-0.25, -0.2) is 9.69 Å². The van der Waals surface area contributed by atoms with Crippen LogP contribution in [0.4, 0.5) is 4.79 Å². The predicted molar refractivity (Wildman–Crippen MR) is 66.8 cm³/mol. The fraction of sp³-hybridized carbons (Fsp3) is 0.417. The van der Waals surface area contributed by atoms with E-state index >= 15 is 0 Å². The van der Waals surface area contributed by atoms with Crippen molar-refractivity contribution >= 4 is 29.2 Å². The monoisotopic (exact) mass is 280 g/mol. The molecule has 0 bridgehead atoms. The van der Waals surface area contributed by atoms with Crippen LogP contribution in [0, 0.1) is 5.92 Å². The molecule has 0 saturated carbocycles. The van der Waals surface area contributed by atoms with E-state index in [4.69, 9.17) is 0 Å². The van der Waals surface area contributed by atoms with Gasteiger partial charge in [0.05, 0.1) is 4.88 Å². The van der Waals surface area contributed by atoms with Gasteiger partial charge in [-0.2, -0.15) is 0 Å². The van der Waals surface area contributed by atoms with Gasteiger partial charge >= 0.3 is 6.09 Å². The summed E-state index contributed by atoms with van der Waals surface area (Å²) in [5.74, 6) is -0.131. The highest BCUT2D eigenvalue weighted by Gasteiger charge is 2.38. The minimum absolute atomic E-state index is 0.0153. The Bertz CT molecular complexity index is 506. The SMILES string of the molecule is O=C(c1cccs1)N1CC(CN2C(=O)COC2=O)C1. The molecule has 0 spiro atoms. The van der Waals surface area contributed by atoms with E-state index in [9.17, 15) is 14.4 Å². The van der Waals surface area contributed by atoms with Crippen LogP contribution in [0.2, 0.25) is 0 Å². The number of amides is 3. The molecule has 0 N–H and O–H groups in total. The van der Waals surface area contributed by atoms with E-state index < -0.39 is 6.09 Å². The van der Waals surface area contributed by atoms with Gasteiger partial charge in [-0.3, -0.25) is 9.59 Å². The minimum Gasteiger partial charge on any atom is -0.439 e. The number of cyclic esters (lactones) is 1. The van der Waals surface area contributed by atoms with E-state index in [2.05, 4.69) is 4.74 Å². The van der Waals surface area contributed by atoms with Gasteiger partial charge in [0.25, 0.3) is 11.8 Å². The van der Waals surface area contributed by atoms with Crippen LogP contribution in [0.3, 0.4) is 0 Å². The van der Waals surface area contributed by atoms with Gasteiger partial charge in [0, 0.05) is 25.6 Å². The second-order valence-corrected chi connectivity index (χ2v) is 5.56. The Morgan fingerprint density at radius 2 is 2.21 bits per heavy atom. The van der Waals surface area contributed by atoms with Gasteiger partial charge in [0.1, 0.15) is 0 Å². The molecule has 100 valence electrons. The van der Waals surface area contributed by atoms with Gasteiger partial charge in [-0.1, -0.05) is 6.07 Å². The Balaban J connectivity index is 1.52. The summed E-state index contributed by atoms with van der Waals surface area (Å²) >= 11 is 1.41. The molecule has 2 aliphatic heterocycles. The topological polar surface area (TPSA) is 66.9 Å². The standard InChI is InChI=1S/C12H12N2O4S/c15-10-7-18-12(17)14(10)6-8-4-13(5-8)11(16)9-2-1-3-19-9/h1-3,8H,4-7H2. The van der Waals surface area contributed by atoms with Crippen LogP contribution in [0.15, 0.2) is 17.5 Å². The van der Waals surface area contributed by atoms with Crippen LogP contribution in [0.25, 0.3) is 0 Å². The summed E-state index contributed by atoms with van der Waals surface area (Å²) in [5.41, 5.74) is 0. The van der Waals surface area contributed by atoms with Gasteiger partial charge in [-0.15, -0.1) is 11.3 Å². The van der Waals surface area contributed by atoms with E-state index in [0.29, 0.717) is 19.6 Å². The first-order chi connectivity index (χ1) is 9.15. The number of likely N-dealkylation sites (tertiary alicyclic amines) is 1. The molecule has 1 aromatic heterocycles. The quantitative estimate of drug-likeness (QED) is 0.821. The molecule has 0 atom stereocenters. The van der Waals surface area contributed by atoms with E-state index in [1.165, 1.54) is 11.3 Å². The van der Waals surface area contributed by atoms with Crippen LogP contribution in [0.1, 0.15) is 9.67 Å². The number of carbonyl (C=O) groups excluding carboxylic acids is 3. The Kier molecular flexibility index (Phi) is 2.98. The fourth-order valence-electron chi connectivity index (χ4n) is 2.22. The van der Waals surface area contributed by atoms with Crippen LogP contribution >= 0.6 is 11.3 Å². The average Bonchev–Trinajstić information content (AvgIpc) is 2.96. The second kappa shape index (κ2) is 4.65. The van der Waals surface area contributed by atoms with Crippen molar-refractivity contribution in [3.05, 3.63) is 22.4 Å². The van der Waals surface area contributed by atoms with E-state index in [-0.39, 0.29) is 24.3 Å². The normalized spacial score (nSPS) is 19.6. The third-order valence-electron chi connectivity index (χ3n) is 3.26. The Morgan fingerprint density at radius 3 is 2.79 bits per heavy atom. The van der Waals surface area contributed by atoms with Crippen LogP contribution in [0.5, 0.6) is 0 Å². The molecule has 3 rings (SSSR count). The zero-order valence-corrected chi connectivity index (χ0v) is 10.9. The maximum Gasteiger partial charge on any atom is 0.417 e. The maximum atomic E-state index is 12.0. The van der Waals surface area contributed by atoms with Gasteiger partial charge in [0.2, 0.25) is 0 Å². The number of imide groups is 1. The molecular formula is C12H12N2O4S. The van der Waals surface area contributed by atoms with Crippen molar-refractivity contribution in [3.63, 3.8) is 0 Å². The lowest BCUT2D eigenvalue weighted by Crippen LogP contribution is -2.54. The summed E-state index contributed by atoms with van der Waals surface area (Å²) in [6.45, 7) is 1.33. The third-order valence-corrected chi connectivity index (χ3v) is 4.12. The molecule has 6 nitrogen and oxygen atoms in total. The van der Waals surface area contributed by atoms with Crippen LogP contribution in [-0.2, 0) is 9.53 Å². The lowest BCUT2D eigenvalue weighted by Gasteiger charge is -2.39. The van der Waals surface area contributed by atoms with Crippen molar-refractivity contribution in [2.45, 2.75) is 0 Å². The summed E-state index contributed by atoms with van der Waals surface area (Å²) in [6.07, 6.45) is -0.576. The van der Waals surface area contributed by atoms with Crippen molar-refractivity contribution < 1.29 is 19.1 Å². The number of thiophene rings is 1. The second-order valence-electron chi connectivity index (χ2n) is 4.61. The summed E-state index contributed by atoms with van der Waals surface area (Å²) < 4.78 is 4.64. The number of ether oxygens (including phenoxy) is 1. The molecule has 7 heteroatoms. The molecule has 1 aromatic rings. The van der Waals surface area contributed by atoms with Crippen molar-refractivity contribution in [3.8, 4) is 0 Å². The van der Waals surface area contributed by atoms with Crippen molar-refractivity contribution in [2.75, 3.05) is 26.2 Å². The van der Waals surface area contributed by atoms with Crippen LogP contribution < -0.4 is 0 Å². The minimum atomic E-state index is -0.576. The largest absolute Gasteiger partial charge is 0.439 e. The zero-order valence-electron chi connectivity index (χ0n) is 10.1. The molecule has 0 aliphatic carbocycles. The highest BCUT2D eigenvalue weighted by Crippen LogP contribution is 2.22. The number of nitrogens with zero attached hydrogens (tertiary/aromatic N) is 2. The van der Waals surface area contributed by atoms with Gasteiger partial charge in [-0.05, 0) is 11.4 Å². The molecule has 3 amide bonds. The van der Waals surface area contributed by atoms with E-state index in [1.807, 2.05) is 11.4 Å². The number of carbonyl (C=O) groups is 3. The van der Waals surface area contributed by atoms with Gasteiger partial charge in [0.15, 0.2) is 6.61 Å². The van der Waals surface area contributed by atoms with Crippen LogP contribution in [-0.4, -0.2) is 53.9 Å². The fourth-order valence-corrected chi connectivity index (χ4v) is 2.91. The third kappa shape index (κ3) is 2.21. The Hall–Kier alpha value is -1.89. The van der Waals surface area contributed by atoms with Crippen molar-refractivity contribution in [1.82, 2.24) is 9.80 Å². The summed E-state index contributed by atoms with van der Waals surface area (Å²) in [5, 5.41) is 1.86. The lowest BCUT2D eigenvalue weighted by atomic mass is 9.99. The predicted octanol–water partition coefficient (Wildman–Crippen LogP) is 0.799. The van der Waals surface area contributed by atoms with E-state index in [1.54, 1.807) is 11.0 Å². The molecule has 0 aromatic carbocycles. The first-order valence-corrected chi connectivity index (χ1v) is 6.83. The molecule has 2 aliphatic rings. The smallest absolute Gasteiger partial charge is 0.417 e. The van der Waals surface area contributed by atoms with Crippen molar-refractivity contribution in [1.29, 1.82) is 0 Å². The highest BCUT2D eigenvalue weighted by molar-refractivity contribution is 7.12. The first-order valence-electron chi connectivity index (χ1n) is 5.95. The number of hydrogen-bond acceptors (Lipinski definition) is 5.